The summed E-state index contributed by atoms with van der Waals surface area (Å²) in [7, 11) is 0. The maximum atomic E-state index is 12.1. The first-order valence-electron chi connectivity index (χ1n) is 5.71. The molecule has 2 aromatic carbocycles. The average Bonchev–Trinajstić information content (AvgIpc) is 2.43. The van der Waals surface area contributed by atoms with E-state index in [0.29, 0.717) is 10.6 Å². The number of halogens is 2. The average molecular weight is 418 g/mol. The molecule has 2 aromatic rings. The van der Waals surface area contributed by atoms with Crippen molar-refractivity contribution < 1.29 is 19.8 Å². The van der Waals surface area contributed by atoms with Crippen molar-refractivity contribution in [1.82, 2.24) is 0 Å². The van der Waals surface area contributed by atoms with Crippen molar-refractivity contribution in [2.45, 2.75) is 0 Å². The van der Waals surface area contributed by atoms with Crippen LogP contribution >= 0.6 is 34.2 Å². The molecule has 0 fully saturated rings. The SMILES string of the molecule is O=C(O)c1ccc(O)c(NC(=O)c2ccc(I)c(Cl)c2)c1. The molecule has 3 N–H and O–H groups in total. The quantitative estimate of drug-likeness (QED) is 0.526. The summed E-state index contributed by atoms with van der Waals surface area (Å²) in [5, 5.41) is 21.5. The van der Waals surface area contributed by atoms with Gasteiger partial charge >= 0.3 is 5.97 Å². The smallest absolute Gasteiger partial charge is 0.335 e. The molecular weight excluding hydrogens is 409 g/mol. The summed E-state index contributed by atoms with van der Waals surface area (Å²) in [6, 6.07) is 8.40. The summed E-state index contributed by atoms with van der Waals surface area (Å²) in [6.45, 7) is 0. The number of phenolic OH excluding ortho intramolecular Hbond substituents is 1. The minimum atomic E-state index is -1.15. The van der Waals surface area contributed by atoms with Gasteiger partial charge in [-0.25, -0.2) is 4.79 Å². The highest BCUT2D eigenvalue weighted by Crippen LogP contribution is 2.26. The first-order valence-corrected chi connectivity index (χ1v) is 7.17. The highest BCUT2D eigenvalue weighted by molar-refractivity contribution is 14.1. The van der Waals surface area contributed by atoms with Gasteiger partial charge in [-0.1, -0.05) is 11.6 Å². The molecule has 0 saturated heterocycles. The van der Waals surface area contributed by atoms with Gasteiger partial charge in [-0.2, -0.15) is 0 Å². The largest absolute Gasteiger partial charge is 0.506 e. The lowest BCUT2D eigenvalue weighted by Gasteiger charge is -2.09. The first kappa shape index (κ1) is 15.6. The van der Waals surface area contributed by atoms with Gasteiger partial charge in [-0.15, -0.1) is 0 Å². The summed E-state index contributed by atoms with van der Waals surface area (Å²) < 4.78 is 0.807. The van der Waals surface area contributed by atoms with Crippen LogP contribution in [0.4, 0.5) is 5.69 Å². The number of hydrogen-bond acceptors (Lipinski definition) is 3. The molecule has 21 heavy (non-hydrogen) atoms. The van der Waals surface area contributed by atoms with Gasteiger partial charge in [0, 0.05) is 9.13 Å². The van der Waals surface area contributed by atoms with Gasteiger partial charge in [-0.3, -0.25) is 4.79 Å². The third-order valence-electron chi connectivity index (χ3n) is 2.67. The number of amides is 1. The zero-order chi connectivity index (χ0) is 15.6. The van der Waals surface area contributed by atoms with Gasteiger partial charge < -0.3 is 15.5 Å². The second-order valence-corrected chi connectivity index (χ2v) is 5.69. The molecule has 0 aliphatic rings. The third kappa shape index (κ3) is 3.64. The Labute approximate surface area is 138 Å². The van der Waals surface area contributed by atoms with E-state index in [9.17, 15) is 14.7 Å². The van der Waals surface area contributed by atoms with Crippen LogP contribution < -0.4 is 5.32 Å². The monoisotopic (exact) mass is 417 g/mol. The number of carbonyl (C=O) groups is 2. The van der Waals surface area contributed by atoms with Crippen LogP contribution in [0.5, 0.6) is 5.75 Å². The Hall–Kier alpha value is -1.80. The molecule has 5 nitrogen and oxygen atoms in total. The van der Waals surface area contributed by atoms with Crippen molar-refractivity contribution in [3.63, 3.8) is 0 Å². The molecule has 0 spiro atoms. The summed E-state index contributed by atoms with van der Waals surface area (Å²) >= 11 is 7.98. The Balaban J connectivity index is 2.28. The molecule has 0 atom stereocenters. The van der Waals surface area contributed by atoms with E-state index in [-0.39, 0.29) is 17.0 Å². The highest BCUT2D eigenvalue weighted by atomic mass is 127. The number of carboxylic acids is 1. The van der Waals surface area contributed by atoms with Crippen molar-refractivity contribution in [1.29, 1.82) is 0 Å². The van der Waals surface area contributed by atoms with Crippen molar-refractivity contribution in [2.75, 3.05) is 5.32 Å². The molecule has 0 saturated carbocycles. The molecule has 0 bridgehead atoms. The predicted octanol–water partition coefficient (Wildman–Crippen LogP) is 3.60. The van der Waals surface area contributed by atoms with Crippen LogP contribution in [-0.2, 0) is 0 Å². The minimum Gasteiger partial charge on any atom is -0.506 e. The summed E-state index contributed by atoms with van der Waals surface area (Å²) in [6.07, 6.45) is 0. The molecule has 0 radical (unpaired) electrons. The number of nitrogens with one attached hydrogen (secondary N) is 1. The molecule has 108 valence electrons. The van der Waals surface area contributed by atoms with E-state index in [1.165, 1.54) is 24.3 Å². The molecule has 0 heterocycles. The van der Waals surface area contributed by atoms with E-state index in [2.05, 4.69) is 5.32 Å². The number of rotatable bonds is 3. The Bertz CT molecular complexity index is 733. The number of hydrogen-bond donors (Lipinski definition) is 3. The molecule has 1 amide bonds. The van der Waals surface area contributed by atoms with Crippen molar-refractivity contribution in [2.24, 2.45) is 0 Å². The van der Waals surface area contributed by atoms with Gasteiger partial charge in [0.15, 0.2) is 0 Å². The Kier molecular flexibility index (Phi) is 4.69. The zero-order valence-corrected chi connectivity index (χ0v) is 13.3. The van der Waals surface area contributed by atoms with Crippen LogP contribution in [0.3, 0.4) is 0 Å². The first-order chi connectivity index (χ1) is 9.88. The molecule has 2 rings (SSSR count). The molecule has 0 aliphatic heterocycles. The van der Waals surface area contributed by atoms with Gasteiger partial charge in [0.05, 0.1) is 16.3 Å². The maximum Gasteiger partial charge on any atom is 0.335 e. The zero-order valence-electron chi connectivity index (χ0n) is 10.4. The van der Waals surface area contributed by atoms with Crippen LogP contribution in [0.2, 0.25) is 5.02 Å². The summed E-state index contributed by atoms with van der Waals surface area (Å²) in [5.41, 5.74) is 0.291. The van der Waals surface area contributed by atoms with Crippen molar-refractivity contribution >= 4 is 51.8 Å². The minimum absolute atomic E-state index is 0.0228. The van der Waals surface area contributed by atoms with Crippen LogP contribution in [0.15, 0.2) is 36.4 Å². The van der Waals surface area contributed by atoms with E-state index in [1.807, 2.05) is 22.6 Å². The number of phenols is 1. The van der Waals surface area contributed by atoms with E-state index >= 15 is 0 Å². The fourth-order valence-corrected chi connectivity index (χ4v) is 2.12. The fourth-order valence-electron chi connectivity index (χ4n) is 1.60. The van der Waals surface area contributed by atoms with Crippen LogP contribution in [-0.4, -0.2) is 22.1 Å². The van der Waals surface area contributed by atoms with Crippen LogP contribution in [0.1, 0.15) is 20.7 Å². The topological polar surface area (TPSA) is 86.6 Å². The third-order valence-corrected chi connectivity index (χ3v) is 4.25. The van der Waals surface area contributed by atoms with Crippen molar-refractivity contribution in [3.8, 4) is 5.75 Å². The summed E-state index contributed by atoms with van der Waals surface area (Å²) in [5.74, 6) is -1.86. The van der Waals surface area contributed by atoms with E-state index < -0.39 is 11.9 Å². The van der Waals surface area contributed by atoms with Crippen LogP contribution in [0.25, 0.3) is 0 Å². The Morgan fingerprint density at radius 2 is 1.76 bits per heavy atom. The number of anilines is 1. The second-order valence-electron chi connectivity index (χ2n) is 4.12. The van der Waals surface area contributed by atoms with E-state index in [4.69, 9.17) is 16.7 Å². The number of carbonyl (C=O) groups excluding carboxylic acids is 1. The normalized spacial score (nSPS) is 10.2. The molecule has 0 aromatic heterocycles. The molecule has 0 aliphatic carbocycles. The predicted molar refractivity (Wildman–Crippen MR) is 87.2 cm³/mol. The van der Waals surface area contributed by atoms with Crippen LogP contribution in [0, 0.1) is 3.57 Å². The standard InChI is InChI=1S/C14H9ClINO4/c15-9-5-7(1-3-10(9)16)13(19)17-11-6-8(14(20)21)2-4-12(11)18/h1-6,18H,(H,17,19)(H,20,21). The number of carboxylic acid groups (broad SMARTS) is 1. The lowest BCUT2D eigenvalue weighted by Crippen LogP contribution is -2.12. The molecular formula is C14H9ClINO4. The Morgan fingerprint density at radius 1 is 1.10 bits per heavy atom. The van der Waals surface area contributed by atoms with Gasteiger partial charge in [-0.05, 0) is 59.0 Å². The molecule has 0 unspecified atom stereocenters. The second kappa shape index (κ2) is 6.31. The number of aromatic hydroxyl groups is 1. The Morgan fingerprint density at radius 3 is 2.38 bits per heavy atom. The number of aromatic carboxylic acids is 1. The van der Waals surface area contributed by atoms with E-state index in [1.54, 1.807) is 12.1 Å². The van der Waals surface area contributed by atoms with Gasteiger partial charge in [0.2, 0.25) is 0 Å². The highest BCUT2D eigenvalue weighted by Gasteiger charge is 2.13. The maximum absolute atomic E-state index is 12.1. The van der Waals surface area contributed by atoms with Gasteiger partial charge in [0.25, 0.3) is 5.91 Å². The fraction of sp³-hybridized carbons (Fsp3) is 0. The number of benzene rings is 2. The molecule has 7 heteroatoms. The van der Waals surface area contributed by atoms with E-state index in [0.717, 1.165) is 3.57 Å². The lowest BCUT2D eigenvalue weighted by molar-refractivity contribution is 0.0696. The van der Waals surface area contributed by atoms with Gasteiger partial charge in [0.1, 0.15) is 5.75 Å². The van der Waals surface area contributed by atoms with Crippen molar-refractivity contribution in [3.05, 3.63) is 56.1 Å². The lowest BCUT2D eigenvalue weighted by atomic mass is 10.1. The summed E-state index contributed by atoms with van der Waals surface area (Å²) in [4.78, 5) is 23.0.